The second kappa shape index (κ2) is 6.98. The fraction of sp³-hybridized carbons (Fsp3) is 0.0588. The zero-order valence-electron chi connectivity index (χ0n) is 11.8. The fourth-order valence-electron chi connectivity index (χ4n) is 1.97. The van der Waals surface area contributed by atoms with Crippen molar-refractivity contribution in [2.45, 2.75) is 6.61 Å². The maximum absolute atomic E-state index is 12.0. The van der Waals surface area contributed by atoms with Crippen molar-refractivity contribution in [1.82, 2.24) is 5.16 Å². The Morgan fingerprint density at radius 2 is 1.96 bits per heavy atom. The van der Waals surface area contributed by atoms with Gasteiger partial charge in [-0.2, -0.15) is 0 Å². The molecule has 0 fully saturated rings. The number of benzene rings is 2. The summed E-state index contributed by atoms with van der Waals surface area (Å²) >= 11 is 9.17. The Labute approximate surface area is 146 Å². The van der Waals surface area contributed by atoms with Gasteiger partial charge in [-0.25, -0.2) is 4.79 Å². The molecule has 0 spiro atoms. The Morgan fingerprint density at radius 3 is 2.70 bits per heavy atom. The summed E-state index contributed by atoms with van der Waals surface area (Å²) in [5.41, 5.74) is 1.87. The largest absolute Gasteiger partial charge is 0.455 e. The lowest BCUT2D eigenvalue weighted by Gasteiger charge is -2.02. The van der Waals surface area contributed by atoms with Crippen molar-refractivity contribution in [1.29, 1.82) is 0 Å². The van der Waals surface area contributed by atoms with Crippen LogP contribution in [0.2, 0.25) is 5.02 Å². The molecule has 4 nitrogen and oxygen atoms in total. The summed E-state index contributed by atoms with van der Waals surface area (Å²) in [7, 11) is 0. The van der Waals surface area contributed by atoms with E-state index in [1.807, 2.05) is 18.2 Å². The third kappa shape index (κ3) is 4.00. The van der Waals surface area contributed by atoms with Crippen LogP contribution in [0, 0.1) is 0 Å². The molecule has 0 N–H and O–H groups in total. The van der Waals surface area contributed by atoms with Crippen molar-refractivity contribution in [3.8, 4) is 11.3 Å². The predicted octanol–water partition coefficient (Wildman–Crippen LogP) is 5.11. The lowest BCUT2D eigenvalue weighted by atomic mass is 10.2. The number of carbonyl (C=O) groups is 1. The molecule has 1 heterocycles. The normalized spacial score (nSPS) is 10.5. The van der Waals surface area contributed by atoms with E-state index in [-0.39, 0.29) is 6.61 Å². The average molecular weight is 393 g/mol. The SMILES string of the molecule is O=C(OCc1cc(-c2ccc(Cl)cc2)on1)c1cccc(Br)c1. The van der Waals surface area contributed by atoms with Crippen LogP contribution in [-0.4, -0.2) is 11.1 Å². The number of ether oxygens (including phenoxy) is 1. The van der Waals surface area contributed by atoms with Crippen LogP contribution < -0.4 is 0 Å². The van der Waals surface area contributed by atoms with E-state index in [0.29, 0.717) is 22.0 Å². The van der Waals surface area contributed by atoms with Crippen LogP contribution in [0.5, 0.6) is 0 Å². The highest BCUT2D eigenvalue weighted by Gasteiger charge is 2.11. The van der Waals surface area contributed by atoms with Crippen LogP contribution in [-0.2, 0) is 11.3 Å². The number of halogens is 2. The molecule has 0 aliphatic rings. The zero-order chi connectivity index (χ0) is 16.2. The molecule has 3 rings (SSSR count). The van der Waals surface area contributed by atoms with Crippen molar-refractivity contribution >= 4 is 33.5 Å². The lowest BCUT2D eigenvalue weighted by molar-refractivity contribution is 0.0464. The second-order valence-electron chi connectivity index (χ2n) is 4.78. The number of nitrogens with zero attached hydrogens (tertiary/aromatic N) is 1. The Morgan fingerprint density at radius 1 is 1.17 bits per heavy atom. The first-order valence-corrected chi connectivity index (χ1v) is 7.93. The minimum Gasteiger partial charge on any atom is -0.455 e. The molecule has 0 atom stereocenters. The van der Waals surface area contributed by atoms with Crippen molar-refractivity contribution in [2.24, 2.45) is 0 Å². The molecular weight excluding hydrogens is 382 g/mol. The van der Waals surface area contributed by atoms with Gasteiger partial charge in [-0.05, 0) is 42.5 Å². The standard InChI is InChI=1S/C17H11BrClNO3/c18-13-3-1-2-12(8-13)17(21)22-10-15-9-16(23-20-15)11-4-6-14(19)7-5-11/h1-9H,10H2. The summed E-state index contributed by atoms with van der Waals surface area (Å²) in [6.45, 7) is 0.0441. The Kier molecular flexibility index (Phi) is 4.79. The summed E-state index contributed by atoms with van der Waals surface area (Å²) in [5, 5.41) is 4.55. The van der Waals surface area contributed by atoms with Crippen LogP contribution in [0.25, 0.3) is 11.3 Å². The van der Waals surface area contributed by atoms with Gasteiger partial charge < -0.3 is 9.26 Å². The maximum Gasteiger partial charge on any atom is 0.338 e. The Hall–Kier alpha value is -2.11. The molecule has 116 valence electrons. The number of esters is 1. The van der Waals surface area contributed by atoms with Gasteiger partial charge in [0.05, 0.1) is 5.56 Å². The number of hydrogen-bond donors (Lipinski definition) is 0. The summed E-state index contributed by atoms with van der Waals surface area (Å²) in [5.74, 6) is 0.178. The third-order valence-corrected chi connectivity index (χ3v) is 3.84. The average Bonchev–Trinajstić information content (AvgIpc) is 3.02. The molecule has 6 heteroatoms. The highest BCUT2D eigenvalue weighted by molar-refractivity contribution is 9.10. The molecule has 0 bridgehead atoms. The van der Waals surface area contributed by atoms with E-state index in [0.717, 1.165) is 10.0 Å². The monoisotopic (exact) mass is 391 g/mol. The minimum absolute atomic E-state index is 0.0441. The van der Waals surface area contributed by atoms with Crippen molar-refractivity contribution in [2.75, 3.05) is 0 Å². The number of hydrogen-bond acceptors (Lipinski definition) is 4. The molecule has 1 aromatic heterocycles. The fourth-order valence-corrected chi connectivity index (χ4v) is 2.49. The van der Waals surface area contributed by atoms with Gasteiger partial charge in [0.25, 0.3) is 0 Å². The van der Waals surface area contributed by atoms with Crippen LogP contribution in [0.4, 0.5) is 0 Å². The molecule has 0 aliphatic heterocycles. The molecule has 2 aromatic carbocycles. The first kappa shape index (κ1) is 15.8. The number of aromatic nitrogens is 1. The zero-order valence-corrected chi connectivity index (χ0v) is 14.2. The van der Waals surface area contributed by atoms with E-state index in [9.17, 15) is 4.79 Å². The Bertz CT molecular complexity index is 830. The molecule has 0 saturated heterocycles. The smallest absolute Gasteiger partial charge is 0.338 e. The summed E-state index contributed by atoms with van der Waals surface area (Å²) in [6, 6.07) is 15.9. The first-order chi connectivity index (χ1) is 11.1. The topological polar surface area (TPSA) is 52.3 Å². The molecule has 0 amide bonds. The first-order valence-electron chi connectivity index (χ1n) is 6.76. The van der Waals surface area contributed by atoms with Gasteiger partial charge in [0.2, 0.25) is 0 Å². The van der Waals surface area contributed by atoms with Crippen LogP contribution >= 0.6 is 27.5 Å². The highest BCUT2D eigenvalue weighted by atomic mass is 79.9. The van der Waals surface area contributed by atoms with E-state index >= 15 is 0 Å². The molecule has 23 heavy (non-hydrogen) atoms. The maximum atomic E-state index is 12.0. The predicted molar refractivity (Wildman–Crippen MR) is 90.2 cm³/mol. The van der Waals surface area contributed by atoms with Crippen molar-refractivity contribution < 1.29 is 14.1 Å². The van der Waals surface area contributed by atoms with Crippen molar-refractivity contribution in [3.05, 3.63) is 75.4 Å². The summed E-state index contributed by atoms with van der Waals surface area (Å²) in [4.78, 5) is 12.0. The summed E-state index contributed by atoms with van der Waals surface area (Å²) < 4.78 is 11.3. The van der Waals surface area contributed by atoms with E-state index in [4.69, 9.17) is 20.9 Å². The van der Waals surface area contributed by atoms with Crippen molar-refractivity contribution in [3.63, 3.8) is 0 Å². The van der Waals surface area contributed by atoms with E-state index in [1.54, 1.807) is 36.4 Å². The minimum atomic E-state index is -0.414. The van der Waals surface area contributed by atoms with Gasteiger partial charge in [0.1, 0.15) is 12.3 Å². The second-order valence-corrected chi connectivity index (χ2v) is 6.13. The van der Waals surface area contributed by atoms with Crippen LogP contribution in [0.3, 0.4) is 0 Å². The highest BCUT2D eigenvalue weighted by Crippen LogP contribution is 2.22. The van der Waals surface area contributed by atoms with Gasteiger partial charge in [-0.3, -0.25) is 0 Å². The van der Waals surface area contributed by atoms with Gasteiger partial charge in [-0.1, -0.05) is 38.8 Å². The van der Waals surface area contributed by atoms with Gasteiger partial charge in [0.15, 0.2) is 5.76 Å². The summed E-state index contributed by atoms with van der Waals surface area (Å²) in [6.07, 6.45) is 0. The Balaban J connectivity index is 1.65. The quantitative estimate of drug-likeness (QED) is 0.579. The number of carbonyl (C=O) groups excluding carboxylic acids is 1. The van der Waals surface area contributed by atoms with Crippen LogP contribution in [0.15, 0.2) is 63.6 Å². The lowest BCUT2D eigenvalue weighted by Crippen LogP contribution is -2.05. The molecule has 0 aliphatic carbocycles. The van der Waals surface area contributed by atoms with Crippen LogP contribution in [0.1, 0.15) is 16.1 Å². The van der Waals surface area contributed by atoms with E-state index in [2.05, 4.69) is 21.1 Å². The van der Waals surface area contributed by atoms with E-state index < -0.39 is 5.97 Å². The third-order valence-electron chi connectivity index (χ3n) is 3.10. The molecule has 0 radical (unpaired) electrons. The molecular formula is C17H11BrClNO3. The molecule has 0 unspecified atom stereocenters. The molecule has 3 aromatic rings. The molecule has 0 saturated carbocycles. The van der Waals surface area contributed by atoms with Gasteiger partial charge in [0, 0.05) is 21.1 Å². The number of rotatable bonds is 4. The van der Waals surface area contributed by atoms with E-state index in [1.165, 1.54) is 0 Å². The van der Waals surface area contributed by atoms with Gasteiger partial charge >= 0.3 is 5.97 Å². The van der Waals surface area contributed by atoms with Gasteiger partial charge in [-0.15, -0.1) is 0 Å².